The average Bonchev–Trinajstić information content (AvgIpc) is 2.41. The predicted octanol–water partition coefficient (Wildman–Crippen LogP) is 0.766. The number of allylic oxidation sites excluding steroid dienone is 2. The van der Waals surface area contributed by atoms with Gasteiger partial charge in [0.1, 0.15) is 0 Å². The van der Waals surface area contributed by atoms with Crippen LogP contribution < -0.4 is 5.32 Å². The molecule has 1 N–H and O–H groups in total. The molecule has 1 fully saturated rings. The number of halogens is 1. The molecule has 2 atom stereocenters. The van der Waals surface area contributed by atoms with Crippen molar-refractivity contribution in [1.82, 2.24) is 5.32 Å². The maximum atomic E-state index is 11.5. The molecule has 0 radical (unpaired) electrons. The lowest BCUT2D eigenvalue weighted by molar-refractivity contribution is -0.126. The van der Waals surface area contributed by atoms with Gasteiger partial charge in [-0.15, -0.1) is 0 Å². The summed E-state index contributed by atoms with van der Waals surface area (Å²) >= 11 is 3.28. The fourth-order valence-electron chi connectivity index (χ4n) is 1.71. The normalized spacial score (nSPS) is 36.2. The van der Waals surface area contributed by atoms with Crippen molar-refractivity contribution in [2.45, 2.75) is 0 Å². The maximum Gasteiger partial charge on any atom is 0.238 e. The number of fused-ring (bicyclic) bond motifs is 1. The molecule has 2 unspecified atom stereocenters. The second kappa shape index (κ2) is 2.80. The van der Waals surface area contributed by atoms with Gasteiger partial charge in [0.15, 0.2) is 0 Å². The average molecular weight is 242 g/mol. The molecule has 68 valence electrons. The largest absolute Gasteiger partial charge is 0.295 e. The molecule has 2 amide bonds. The van der Waals surface area contributed by atoms with Gasteiger partial charge in [0.05, 0.1) is 11.3 Å². The minimum atomic E-state index is -0.689. The Kier molecular flexibility index (Phi) is 1.87. The zero-order chi connectivity index (χ0) is 9.47. The molecule has 1 aliphatic heterocycles. The van der Waals surface area contributed by atoms with Crippen LogP contribution in [0.2, 0.25) is 0 Å². The lowest BCUT2D eigenvalue weighted by Crippen LogP contribution is -2.35. The number of alkyl halides is 1. The molecule has 0 spiro atoms. The van der Waals surface area contributed by atoms with Gasteiger partial charge in [-0.05, 0) is 0 Å². The highest BCUT2D eigenvalue weighted by molar-refractivity contribution is 9.09. The molecule has 4 heteroatoms. The molecule has 3 nitrogen and oxygen atoms in total. The van der Waals surface area contributed by atoms with E-state index in [2.05, 4.69) is 21.2 Å². The number of hydrogen-bond acceptors (Lipinski definition) is 2. The van der Waals surface area contributed by atoms with Gasteiger partial charge in [-0.2, -0.15) is 0 Å². The van der Waals surface area contributed by atoms with Crippen LogP contribution in [0.15, 0.2) is 24.3 Å². The van der Waals surface area contributed by atoms with E-state index in [-0.39, 0.29) is 17.7 Å². The van der Waals surface area contributed by atoms with Crippen LogP contribution >= 0.6 is 15.9 Å². The van der Waals surface area contributed by atoms with Crippen LogP contribution in [0.1, 0.15) is 0 Å². The van der Waals surface area contributed by atoms with Gasteiger partial charge >= 0.3 is 0 Å². The van der Waals surface area contributed by atoms with Crippen molar-refractivity contribution in [2.24, 2.45) is 11.3 Å². The quantitative estimate of drug-likeness (QED) is 0.545. The van der Waals surface area contributed by atoms with Crippen LogP contribution in [0, 0.1) is 11.3 Å². The topological polar surface area (TPSA) is 46.2 Å². The zero-order valence-electron chi connectivity index (χ0n) is 6.79. The fourth-order valence-corrected chi connectivity index (χ4v) is 2.50. The van der Waals surface area contributed by atoms with Crippen LogP contribution in [0.4, 0.5) is 0 Å². The molecule has 0 saturated carbocycles. The summed E-state index contributed by atoms with van der Waals surface area (Å²) in [5.41, 5.74) is -0.689. The first-order valence-corrected chi connectivity index (χ1v) is 5.10. The summed E-state index contributed by atoms with van der Waals surface area (Å²) in [6, 6.07) is 0. The second-order valence-electron chi connectivity index (χ2n) is 3.21. The van der Waals surface area contributed by atoms with Crippen molar-refractivity contribution >= 4 is 27.7 Å². The van der Waals surface area contributed by atoms with Crippen molar-refractivity contribution < 1.29 is 9.59 Å². The molecular formula is C9H8BrNO2. The minimum Gasteiger partial charge on any atom is -0.295 e. The van der Waals surface area contributed by atoms with Crippen molar-refractivity contribution in [2.75, 3.05) is 5.33 Å². The molecule has 0 aromatic carbocycles. The first-order chi connectivity index (χ1) is 6.20. The third-order valence-electron chi connectivity index (χ3n) is 2.53. The molecule has 0 bridgehead atoms. The van der Waals surface area contributed by atoms with Gasteiger partial charge < -0.3 is 0 Å². The monoisotopic (exact) mass is 241 g/mol. The van der Waals surface area contributed by atoms with E-state index in [1.807, 2.05) is 0 Å². The number of carbonyl (C=O) groups is 2. The highest BCUT2D eigenvalue weighted by atomic mass is 79.9. The smallest absolute Gasteiger partial charge is 0.238 e. The summed E-state index contributed by atoms with van der Waals surface area (Å²) in [7, 11) is 0. The highest BCUT2D eigenvalue weighted by Gasteiger charge is 2.52. The molecule has 13 heavy (non-hydrogen) atoms. The first-order valence-electron chi connectivity index (χ1n) is 3.98. The Morgan fingerprint density at radius 3 is 2.85 bits per heavy atom. The summed E-state index contributed by atoms with van der Waals surface area (Å²) in [6.07, 6.45) is 7.15. The summed E-state index contributed by atoms with van der Waals surface area (Å²) in [5, 5.41) is 2.82. The number of hydrogen-bond donors (Lipinski definition) is 1. The molecular weight excluding hydrogens is 234 g/mol. The van der Waals surface area contributed by atoms with E-state index in [1.165, 1.54) is 0 Å². The molecule has 0 aromatic rings. The summed E-state index contributed by atoms with van der Waals surface area (Å²) in [5.74, 6) is -0.755. The Hall–Kier alpha value is -0.900. The lowest BCUT2D eigenvalue weighted by atomic mass is 9.76. The number of carbonyl (C=O) groups excluding carboxylic acids is 2. The third kappa shape index (κ3) is 1.01. The van der Waals surface area contributed by atoms with Gasteiger partial charge in [0.2, 0.25) is 11.8 Å². The van der Waals surface area contributed by atoms with Crippen molar-refractivity contribution in [3.8, 4) is 0 Å². The molecule has 1 saturated heterocycles. The maximum absolute atomic E-state index is 11.5. The Labute approximate surface area is 84.0 Å². The Bertz CT molecular complexity index is 335. The van der Waals surface area contributed by atoms with E-state index < -0.39 is 5.41 Å². The van der Waals surface area contributed by atoms with E-state index in [0.29, 0.717) is 5.33 Å². The molecule has 1 aliphatic carbocycles. The summed E-state index contributed by atoms with van der Waals surface area (Å²) in [4.78, 5) is 22.9. The van der Waals surface area contributed by atoms with Crippen LogP contribution in [0.5, 0.6) is 0 Å². The van der Waals surface area contributed by atoms with E-state index >= 15 is 0 Å². The van der Waals surface area contributed by atoms with Gasteiger partial charge in [-0.1, -0.05) is 40.2 Å². The predicted molar refractivity (Wildman–Crippen MR) is 51.1 cm³/mol. The van der Waals surface area contributed by atoms with Gasteiger partial charge in [-0.3, -0.25) is 14.9 Å². The summed E-state index contributed by atoms with van der Waals surface area (Å²) < 4.78 is 0. The number of amides is 2. The molecule has 2 rings (SSSR count). The number of imide groups is 1. The Morgan fingerprint density at radius 2 is 2.23 bits per heavy atom. The van der Waals surface area contributed by atoms with Crippen LogP contribution in [0.25, 0.3) is 0 Å². The van der Waals surface area contributed by atoms with E-state index in [0.717, 1.165) is 0 Å². The zero-order valence-corrected chi connectivity index (χ0v) is 8.37. The standard InChI is InChI=1S/C9H8BrNO2/c10-5-9-4-2-1-3-6(9)7(12)11-8(9)13/h1-4,6H,5H2,(H,11,12,13). The Balaban J connectivity index is 2.49. The van der Waals surface area contributed by atoms with Gasteiger partial charge in [0.25, 0.3) is 0 Å². The second-order valence-corrected chi connectivity index (χ2v) is 3.77. The molecule has 2 aliphatic rings. The van der Waals surface area contributed by atoms with Crippen LogP contribution in [-0.2, 0) is 9.59 Å². The molecule has 0 aromatic heterocycles. The lowest BCUT2D eigenvalue weighted by Gasteiger charge is -2.25. The van der Waals surface area contributed by atoms with Gasteiger partial charge in [-0.25, -0.2) is 0 Å². The van der Waals surface area contributed by atoms with E-state index in [4.69, 9.17) is 0 Å². The van der Waals surface area contributed by atoms with E-state index in [1.54, 1.807) is 24.3 Å². The van der Waals surface area contributed by atoms with Crippen molar-refractivity contribution in [1.29, 1.82) is 0 Å². The fraction of sp³-hybridized carbons (Fsp3) is 0.333. The van der Waals surface area contributed by atoms with Crippen LogP contribution in [-0.4, -0.2) is 17.1 Å². The number of rotatable bonds is 1. The number of nitrogens with one attached hydrogen (secondary N) is 1. The van der Waals surface area contributed by atoms with E-state index in [9.17, 15) is 9.59 Å². The van der Waals surface area contributed by atoms with Crippen LogP contribution in [0.3, 0.4) is 0 Å². The third-order valence-corrected chi connectivity index (χ3v) is 3.45. The SMILES string of the molecule is O=C1NC(=O)C2(CBr)C=CC=CC12. The minimum absolute atomic E-state index is 0.204. The molecule has 1 heterocycles. The van der Waals surface area contributed by atoms with Crippen molar-refractivity contribution in [3.63, 3.8) is 0 Å². The highest BCUT2D eigenvalue weighted by Crippen LogP contribution is 2.39. The summed E-state index contributed by atoms with van der Waals surface area (Å²) in [6.45, 7) is 0. The first kappa shape index (κ1) is 8.69. The Morgan fingerprint density at radius 1 is 1.46 bits per heavy atom. The van der Waals surface area contributed by atoms with Crippen molar-refractivity contribution in [3.05, 3.63) is 24.3 Å². The van der Waals surface area contributed by atoms with Gasteiger partial charge in [0, 0.05) is 5.33 Å².